The minimum Gasteiger partial charge on any atom is -0.508 e. The minimum absolute atomic E-state index is 0.184. The lowest BCUT2D eigenvalue weighted by molar-refractivity contribution is 0.381. The number of phenolic OH excluding ortho intramolecular Hbond substituents is 1. The molecular formula is C14H23NO. The first-order valence-corrected chi connectivity index (χ1v) is 5.90. The van der Waals surface area contributed by atoms with E-state index in [1.165, 1.54) is 5.56 Å². The third-order valence-electron chi connectivity index (χ3n) is 2.50. The molecule has 0 aliphatic carbocycles. The molecule has 1 aromatic rings. The van der Waals surface area contributed by atoms with Crippen LogP contribution in [-0.2, 0) is 6.42 Å². The second kappa shape index (κ2) is 5.35. The normalized spacial score (nSPS) is 13.8. The fraction of sp³-hybridized carbons (Fsp3) is 0.571. The molecule has 0 saturated heterocycles. The Bertz CT molecular complexity index is 311. The van der Waals surface area contributed by atoms with Crippen LogP contribution < -0.4 is 5.32 Å². The zero-order valence-electron chi connectivity index (χ0n) is 10.7. The SMILES string of the molecule is CC(CNC(C)(C)C)Cc1ccc(O)cc1. The maximum Gasteiger partial charge on any atom is 0.115 e. The minimum atomic E-state index is 0.184. The van der Waals surface area contributed by atoms with Gasteiger partial charge in [0.2, 0.25) is 0 Å². The van der Waals surface area contributed by atoms with E-state index in [4.69, 9.17) is 0 Å². The van der Waals surface area contributed by atoms with E-state index in [2.05, 4.69) is 33.0 Å². The fourth-order valence-electron chi connectivity index (χ4n) is 1.59. The molecule has 2 heteroatoms. The highest BCUT2D eigenvalue weighted by Crippen LogP contribution is 2.13. The standard InChI is InChI=1S/C14H23NO/c1-11(10-15-14(2,3)4)9-12-5-7-13(16)8-6-12/h5-8,11,15-16H,9-10H2,1-4H3. The van der Waals surface area contributed by atoms with Gasteiger partial charge in [0, 0.05) is 5.54 Å². The van der Waals surface area contributed by atoms with Crippen LogP contribution in [0, 0.1) is 5.92 Å². The van der Waals surface area contributed by atoms with E-state index in [0.717, 1.165) is 13.0 Å². The lowest BCUT2D eigenvalue weighted by atomic mass is 9.99. The number of hydrogen-bond acceptors (Lipinski definition) is 2. The number of aromatic hydroxyl groups is 1. The summed E-state index contributed by atoms with van der Waals surface area (Å²) in [6.07, 6.45) is 1.04. The fourth-order valence-corrected chi connectivity index (χ4v) is 1.59. The Balaban J connectivity index is 2.39. The van der Waals surface area contributed by atoms with Crippen LogP contribution in [-0.4, -0.2) is 17.2 Å². The molecule has 0 bridgehead atoms. The van der Waals surface area contributed by atoms with Crippen molar-refractivity contribution in [2.24, 2.45) is 5.92 Å². The summed E-state index contributed by atoms with van der Waals surface area (Å²) in [5.74, 6) is 0.938. The second-order valence-electron chi connectivity index (χ2n) is 5.61. The Hall–Kier alpha value is -1.02. The molecule has 16 heavy (non-hydrogen) atoms. The van der Waals surface area contributed by atoms with Gasteiger partial charge in [0.25, 0.3) is 0 Å². The molecule has 1 rings (SSSR count). The molecule has 0 amide bonds. The average molecular weight is 221 g/mol. The van der Waals surface area contributed by atoms with Gasteiger partial charge < -0.3 is 10.4 Å². The molecule has 90 valence electrons. The molecule has 0 aliphatic rings. The van der Waals surface area contributed by atoms with Gasteiger partial charge in [-0.25, -0.2) is 0 Å². The Kier molecular flexibility index (Phi) is 4.36. The van der Waals surface area contributed by atoms with Crippen LogP contribution in [0.3, 0.4) is 0 Å². The Morgan fingerprint density at radius 3 is 2.25 bits per heavy atom. The number of phenols is 1. The van der Waals surface area contributed by atoms with Gasteiger partial charge in [-0.05, 0) is 57.4 Å². The zero-order chi connectivity index (χ0) is 12.2. The maximum absolute atomic E-state index is 9.19. The largest absolute Gasteiger partial charge is 0.508 e. The van der Waals surface area contributed by atoms with Crippen LogP contribution in [0.1, 0.15) is 33.3 Å². The molecule has 2 nitrogen and oxygen atoms in total. The molecule has 0 radical (unpaired) electrons. The highest BCUT2D eigenvalue weighted by molar-refractivity contribution is 5.26. The average Bonchev–Trinajstić information content (AvgIpc) is 2.18. The summed E-state index contributed by atoms with van der Waals surface area (Å²) in [7, 11) is 0. The lowest BCUT2D eigenvalue weighted by Crippen LogP contribution is -2.38. The number of hydrogen-bond donors (Lipinski definition) is 2. The van der Waals surface area contributed by atoms with Crippen LogP contribution in [0.5, 0.6) is 5.75 Å². The molecule has 1 unspecified atom stereocenters. The van der Waals surface area contributed by atoms with Gasteiger partial charge >= 0.3 is 0 Å². The predicted molar refractivity (Wildman–Crippen MR) is 68.7 cm³/mol. The van der Waals surface area contributed by atoms with Crippen molar-refractivity contribution in [2.45, 2.75) is 39.7 Å². The molecule has 0 heterocycles. The van der Waals surface area contributed by atoms with Crippen LogP contribution in [0.2, 0.25) is 0 Å². The summed E-state index contributed by atoms with van der Waals surface area (Å²) in [6.45, 7) is 9.80. The molecule has 1 aromatic carbocycles. The van der Waals surface area contributed by atoms with E-state index >= 15 is 0 Å². The third-order valence-corrected chi connectivity index (χ3v) is 2.50. The highest BCUT2D eigenvalue weighted by atomic mass is 16.3. The molecule has 0 aromatic heterocycles. The van der Waals surface area contributed by atoms with Crippen molar-refractivity contribution in [3.63, 3.8) is 0 Å². The quantitative estimate of drug-likeness (QED) is 0.819. The van der Waals surface area contributed by atoms with Crippen LogP contribution in [0.25, 0.3) is 0 Å². The Labute approximate surface area is 98.7 Å². The smallest absolute Gasteiger partial charge is 0.115 e. The summed E-state index contributed by atoms with van der Waals surface area (Å²) in [4.78, 5) is 0. The van der Waals surface area contributed by atoms with E-state index in [0.29, 0.717) is 11.7 Å². The third kappa shape index (κ3) is 5.17. The van der Waals surface area contributed by atoms with Gasteiger partial charge in [0.05, 0.1) is 0 Å². The van der Waals surface area contributed by atoms with Crippen molar-refractivity contribution in [3.8, 4) is 5.75 Å². The summed E-state index contributed by atoms with van der Waals surface area (Å²) < 4.78 is 0. The maximum atomic E-state index is 9.19. The van der Waals surface area contributed by atoms with E-state index in [1.54, 1.807) is 12.1 Å². The lowest BCUT2D eigenvalue weighted by Gasteiger charge is -2.23. The van der Waals surface area contributed by atoms with Crippen molar-refractivity contribution in [1.82, 2.24) is 5.32 Å². The molecule has 0 spiro atoms. The zero-order valence-corrected chi connectivity index (χ0v) is 10.7. The molecule has 1 atom stereocenters. The Morgan fingerprint density at radius 1 is 1.19 bits per heavy atom. The van der Waals surface area contributed by atoms with Gasteiger partial charge in [-0.3, -0.25) is 0 Å². The van der Waals surface area contributed by atoms with Crippen molar-refractivity contribution in [2.75, 3.05) is 6.54 Å². The predicted octanol–water partition coefficient (Wildman–Crippen LogP) is 2.96. The Morgan fingerprint density at radius 2 is 1.75 bits per heavy atom. The van der Waals surface area contributed by atoms with Crippen LogP contribution in [0.15, 0.2) is 24.3 Å². The molecule has 2 N–H and O–H groups in total. The molecule has 0 aliphatic heterocycles. The van der Waals surface area contributed by atoms with Gasteiger partial charge in [-0.2, -0.15) is 0 Å². The first-order chi connectivity index (χ1) is 7.37. The number of benzene rings is 1. The highest BCUT2D eigenvalue weighted by Gasteiger charge is 2.11. The molecular weight excluding hydrogens is 198 g/mol. The molecule has 0 fully saturated rings. The number of nitrogens with one attached hydrogen (secondary N) is 1. The number of rotatable bonds is 4. The van der Waals surface area contributed by atoms with E-state index < -0.39 is 0 Å². The monoisotopic (exact) mass is 221 g/mol. The first kappa shape index (κ1) is 13.0. The van der Waals surface area contributed by atoms with Gasteiger partial charge in [0.15, 0.2) is 0 Å². The van der Waals surface area contributed by atoms with Crippen LogP contribution >= 0.6 is 0 Å². The summed E-state index contributed by atoms with van der Waals surface area (Å²) in [5.41, 5.74) is 1.46. The summed E-state index contributed by atoms with van der Waals surface area (Å²) >= 11 is 0. The van der Waals surface area contributed by atoms with E-state index in [-0.39, 0.29) is 5.54 Å². The van der Waals surface area contributed by atoms with E-state index in [1.807, 2.05) is 12.1 Å². The van der Waals surface area contributed by atoms with Crippen molar-refractivity contribution in [3.05, 3.63) is 29.8 Å². The van der Waals surface area contributed by atoms with Crippen LogP contribution in [0.4, 0.5) is 0 Å². The topological polar surface area (TPSA) is 32.3 Å². The summed E-state index contributed by atoms with van der Waals surface area (Å²) in [5, 5.41) is 12.7. The second-order valence-corrected chi connectivity index (χ2v) is 5.61. The first-order valence-electron chi connectivity index (χ1n) is 5.90. The summed E-state index contributed by atoms with van der Waals surface area (Å²) in [6, 6.07) is 7.48. The van der Waals surface area contributed by atoms with Crippen molar-refractivity contribution in [1.29, 1.82) is 0 Å². The van der Waals surface area contributed by atoms with Crippen molar-refractivity contribution >= 4 is 0 Å². The van der Waals surface area contributed by atoms with Gasteiger partial charge in [0.1, 0.15) is 5.75 Å². The van der Waals surface area contributed by atoms with Gasteiger partial charge in [-0.15, -0.1) is 0 Å². The molecule has 0 saturated carbocycles. The van der Waals surface area contributed by atoms with Gasteiger partial charge in [-0.1, -0.05) is 19.1 Å². The van der Waals surface area contributed by atoms with E-state index in [9.17, 15) is 5.11 Å². The van der Waals surface area contributed by atoms with Crippen molar-refractivity contribution < 1.29 is 5.11 Å².